The van der Waals surface area contributed by atoms with Gasteiger partial charge in [-0.25, -0.2) is 0 Å². The monoisotopic (exact) mass is 398 g/mol. The fourth-order valence-corrected chi connectivity index (χ4v) is 4.00. The van der Waals surface area contributed by atoms with Gasteiger partial charge in [-0.3, -0.25) is 0 Å². The van der Waals surface area contributed by atoms with Crippen LogP contribution in [-0.2, 0) is 5.41 Å². The Morgan fingerprint density at radius 3 is 2.54 bits per heavy atom. The summed E-state index contributed by atoms with van der Waals surface area (Å²) in [4.78, 5) is 0. The summed E-state index contributed by atoms with van der Waals surface area (Å²) in [6, 6.07) is 12.2. The summed E-state index contributed by atoms with van der Waals surface area (Å²) in [6.07, 6.45) is 4.44. The fraction of sp³-hybridized carbons (Fsp3) is 0.375. The van der Waals surface area contributed by atoms with Crippen molar-refractivity contribution in [1.82, 2.24) is 0 Å². The van der Waals surface area contributed by atoms with E-state index < -0.39 is 0 Å². The summed E-state index contributed by atoms with van der Waals surface area (Å²) in [7, 11) is 0. The van der Waals surface area contributed by atoms with Crippen LogP contribution in [-0.4, -0.2) is 34.6 Å². The lowest BCUT2D eigenvalue weighted by Crippen LogP contribution is -2.28. The Hall–Kier alpha value is -2.10. The summed E-state index contributed by atoms with van der Waals surface area (Å²) in [5.74, 6) is 0.921. The summed E-state index contributed by atoms with van der Waals surface area (Å²) >= 11 is 6.26. The normalized spacial score (nSPS) is 15.6. The van der Waals surface area contributed by atoms with Crippen LogP contribution in [0.5, 0.6) is 5.75 Å². The van der Waals surface area contributed by atoms with Crippen molar-refractivity contribution < 1.29 is 14.4 Å². The van der Waals surface area contributed by atoms with Gasteiger partial charge in [0.25, 0.3) is 0 Å². The van der Waals surface area contributed by atoms with Gasteiger partial charge in [0.1, 0.15) is 12.4 Å². The highest BCUT2D eigenvalue weighted by Crippen LogP contribution is 2.41. The van der Waals surface area contributed by atoms with Crippen LogP contribution < -0.4 is 4.74 Å². The number of aliphatic hydroxyl groups is 1. The van der Waals surface area contributed by atoms with Crippen molar-refractivity contribution in [2.45, 2.75) is 46.1 Å². The van der Waals surface area contributed by atoms with E-state index in [2.05, 4.69) is 49.6 Å². The highest BCUT2D eigenvalue weighted by Gasteiger charge is 2.44. The second kappa shape index (κ2) is 8.10. The number of ether oxygens (including phenoxy) is 1. The highest BCUT2D eigenvalue weighted by atomic mass is 35.5. The van der Waals surface area contributed by atoms with Crippen LogP contribution in [0.2, 0.25) is 5.02 Å². The molecule has 4 heteroatoms. The van der Waals surface area contributed by atoms with Crippen molar-refractivity contribution in [1.29, 1.82) is 0 Å². The van der Waals surface area contributed by atoms with Gasteiger partial charge in [-0.15, -0.1) is 0 Å². The van der Waals surface area contributed by atoms with Gasteiger partial charge in [-0.2, -0.15) is 4.58 Å². The quantitative estimate of drug-likeness (QED) is 0.650. The third-order valence-corrected chi connectivity index (χ3v) is 5.41. The van der Waals surface area contributed by atoms with E-state index in [4.69, 9.17) is 16.3 Å². The first-order valence-electron chi connectivity index (χ1n) is 9.75. The Morgan fingerprint density at radius 1 is 1.14 bits per heavy atom. The molecule has 3 nitrogen and oxygen atoms in total. The molecule has 0 fully saturated rings. The number of nitrogens with zero attached hydrogens (tertiary/aromatic N) is 1. The van der Waals surface area contributed by atoms with Gasteiger partial charge < -0.3 is 9.84 Å². The second-order valence-corrected chi connectivity index (χ2v) is 8.51. The van der Waals surface area contributed by atoms with E-state index in [1.54, 1.807) is 0 Å². The molecule has 1 heterocycles. The predicted molar refractivity (Wildman–Crippen MR) is 117 cm³/mol. The molecule has 2 aromatic carbocycles. The minimum absolute atomic E-state index is 0.0931. The van der Waals surface area contributed by atoms with Crippen LogP contribution in [0.1, 0.15) is 44.4 Å². The summed E-state index contributed by atoms with van der Waals surface area (Å²) in [6.45, 7) is 11.2. The third kappa shape index (κ3) is 4.01. The van der Waals surface area contributed by atoms with E-state index >= 15 is 0 Å². The number of halogens is 1. The molecule has 1 aliphatic heterocycles. The maximum Gasteiger partial charge on any atom is 0.209 e. The first-order valence-corrected chi connectivity index (χ1v) is 10.1. The summed E-state index contributed by atoms with van der Waals surface area (Å²) in [5, 5.41) is 10.3. The van der Waals surface area contributed by atoms with Gasteiger partial charge in [-0.1, -0.05) is 17.7 Å². The largest absolute Gasteiger partial charge is 0.491 e. The van der Waals surface area contributed by atoms with Crippen molar-refractivity contribution in [3.05, 3.63) is 64.2 Å². The molecule has 1 aliphatic rings. The first-order chi connectivity index (χ1) is 13.2. The van der Waals surface area contributed by atoms with E-state index in [0.717, 1.165) is 33.3 Å². The van der Waals surface area contributed by atoms with Crippen LogP contribution in [0.4, 0.5) is 5.69 Å². The number of allylic oxidation sites excluding steroid dienone is 1. The molecular weight excluding hydrogens is 370 g/mol. The number of fused-ring (bicyclic) bond motifs is 1. The van der Waals surface area contributed by atoms with Crippen molar-refractivity contribution in [3.63, 3.8) is 0 Å². The SMILES string of the molecule is Cc1cc(/C=C/C2=[N+](CCO)c3ccc(Cl)cc3C2(C)C)ccc1OC(C)C. The van der Waals surface area contributed by atoms with Gasteiger partial charge in [0.2, 0.25) is 5.69 Å². The minimum Gasteiger partial charge on any atom is -0.491 e. The molecule has 2 aromatic rings. The Kier molecular flexibility index (Phi) is 5.97. The number of β-amino-alcohol motifs (C(OH)–C–C–N with tert-alkyl or cyclic N) is 1. The van der Waals surface area contributed by atoms with Crippen LogP contribution in [0.25, 0.3) is 6.08 Å². The van der Waals surface area contributed by atoms with Crippen molar-refractivity contribution >= 4 is 29.1 Å². The number of rotatable bonds is 6. The molecule has 0 atom stereocenters. The molecule has 3 rings (SSSR count). The molecule has 0 spiro atoms. The Morgan fingerprint density at radius 2 is 1.89 bits per heavy atom. The molecule has 0 unspecified atom stereocenters. The molecule has 0 bridgehead atoms. The van der Waals surface area contributed by atoms with Crippen LogP contribution in [0.15, 0.2) is 42.5 Å². The van der Waals surface area contributed by atoms with E-state index in [9.17, 15) is 5.11 Å². The van der Waals surface area contributed by atoms with E-state index in [1.807, 2.05) is 38.1 Å². The lowest BCUT2D eigenvalue weighted by molar-refractivity contribution is -0.440. The molecule has 0 amide bonds. The molecule has 0 saturated heterocycles. The molecule has 1 N–H and O–H groups in total. The lowest BCUT2D eigenvalue weighted by atomic mass is 9.81. The van der Waals surface area contributed by atoms with Gasteiger partial charge in [0.05, 0.1) is 11.5 Å². The Bertz CT molecular complexity index is 942. The number of hydrogen-bond acceptors (Lipinski definition) is 2. The van der Waals surface area contributed by atoms with Gasteiger partial charge in [0.15, 0.2) is 12.3 Å². The fourth-order valence-electron chi connectivity index (χ4n) is 3.83. The third-order valence-electron chi connectivity index (χ3n) is 5.17. The van der Waals surface area contributed by atoms with Crippen LogP contribution in [0.3, 0.4) is 0 Å². The van der Waals surface area contributed by atoms with Crippen LogP contribution >= 0.6 is 11.6 Å². The Balaban J connectivity index is 1.98. The molecule has 148 valence electrons. The summed E-state index contributed by atoms with van der Waals surface area (Å²) in [5.41, 5.74) is 5.49. The topological polar surface area (TPSA) is 32.5 Å². The zero-order valence-corrected chi connectivity index (χ0v) is 18.0. The molecular formula is C24H29ClNO2+. The van der Waals surface area contributed by atoms with E-state index in [-0.39, 0.29) is 18.1 Å². The summed E-state index contributed by atoms with van der Waals surface area (Å²) < 4.78 is 8.02. The number of aryl methyl sites for hydroxylation is 1. The molecule has 0 aliphatic carbocycles. The number of hydrogen-bond donors (Lipinski definition) is 1. The highest BCUT2D eigenvalue weighted by molar-refractivity contribution is 6.30. The average Bonchev–Trinajstić information content (AvgIpc) is 2.82. The molecule has 0 radical (unpaired) electrons. The zero-order chi connectivity index (χ0) is 20.5. The van der Waals surface area contributed by atoms with E-state index in [1.165, 1.54) is 5.56 Å². The smallest absolute Gasteiger partial charge is 0.209 e. The molecule has 0 aromatic heterocycles. The van der Waals surface area contributed by atoms with Crippen molar-refractivity contribution in [2.75, 3.05) is 13.2 Å². The van der Waals surface area contributed by atoms with Crippen LogP contribution in [0, 0.1) is 6.92 Å². The van der Waals surface area contributed by atoms with Crippen molar-refractivity contribution in [2.24, 2.45) is 0 Å². The lowest BCUT2D eigenvalue weighted by Gasteiger charge is -2.16. The zero-order valence-electron chi connectivity index (χ0n) is 17.3. The second-order valence-electron chi connectivity index (χ2n) is 8.07. The maximum atomic E-state index is 9.60. The Labute approximate surface area is 172 Å². The maximum absolute atomic E-state index is 9.60. The first kappa shape index (κ1) is 20.6. The number of aliphatic hydroxyl groups excluding tert-OH is 1. The predicted octanol–water partition coefficient (Wildman–Crippen LogP) is 5.52. The van der Waals surface area contributed by atoms with Gasteiger partial charge in [-0.05, 0) is 76.1 Å². The minimum atomic E-state index is -0.193. The van der Waals surface area contributed by atoms with Crippen molar-refractivity contribution in [3.8, 4) is 5.75 Å². The number of benzene rings is 2. The molecule has 28 heavy (non-hydrogen) atoms. The van der Waals surface area contributed by atoms with Gasteiger partial charge >= 0.3 is 0 Å². The average molecular weight is 399 g/mol. The molecule has 0 saturated carbocycles. The van der Waals surface area contributed by atoms with Gasteiger partial charge in [0, 0.05) is 22.7 Å². The standard InChI is InChI=1S/C24H29ClNO2/c1-16(2)28-22-10-6-18(14-17(22)3)7-11-23-24(4,5)20-15-19(25)8-9-21(20)26(23)12-13-27/h6-11,14-16,27H,12-13H2,1-5H3/q+1/b11-7+. The van der Waals surface area contributed by atoms with E-state index in [0.29, 0.717) is 6.54 Å².